The first-order valence-corrected chi connectivity index (χ1v) is 8.81. The van der Waals surface area contributed by atoms with Crippen LogP contribution >= 0.6 is 12.4 Å². The molecule has 0 aliphatic rings. The summed E-state index contributed by atoms with van der Waals surface area (Å²) in [5, 5.41) is 0. The largest absolute Gasteiger partial charge is 0.467 e. The van der Waals surface area contributed by atoms with E-state index in [1.165, 1.54) is 11.8 Å². The van der Waals surface area contributed by atoms with E-state index in [-0.39, 0.29) is 24.4 Å². The molecule has 1 unspecified atom stereocenters. The number of carbonyl (C=O) groups excluding carboxylic acids is 1. The first-order chi connectivity index (χ1) is 11.7. The normalized spacial score (nSPS) is 11.6. The second kappa shape index (κ2) is 11.0. The van der Waals surface area contributed by atoms with Crippen molar-refractivity contribution in [3.8, 4) is 0 Å². The maximum absolute atomic E-state index is 13.0. The fourth-order valence-electron chi connectivity index (χ4n) is 3.04. The van der Waals surface area contributed by atoms with E-state index in [4.69, 9.17) is 10.2 Å². The third kappa shape index (κ3) is 5.91. The van der Waals surface area contributed by atoms with Crippen LogP contribution in [0.4, 0.5) is 0 Å². The summed E-state index contributed by atoms with van der Waals surface area (Å²) in [6.45, 7) is 5.33. The molecular weight excluding hydrogens is 336 g/mol. The minimum absolute atomic E-state index is 0. The summed E-state index contributed by atoms with van der Waals surface area (Å²) in [5.74, 6) is 0.680. The van der Waals surface area contributed by atoms with Gasteiger partial charge in [-0.3, -0.25) is 4.79 Å². The first-order valence-electron chi connectivity index (χ1n) is 8.81. The van der Waals surface area contributed by atoms with Gasteiger partial charge in [0.05, 0.1) is 12.1 Å². The lowest BCUT2D eigenvalue weighted by Crippen LogP contribution is -2.42. The molecule has 2 aromatic rings. The molecule has 1 aromatic heterocycles. The molecule has 0 fully saturated rings. The SMILES string of the molecule is CCCC(Cc1ccccc1)N(CCC)C(=O)c1coc(CN)c1.Cl. The van der Waals surface area contributed by atoms with Gasteiger partial charge in [-0.15, -0.1) is 12.4 Å². The van der Waals surface area contributed by atoms with E-state index in [9.17, 15) is 4.79 Å². The van der Waals surface area contributed by atoms with E-state index in [0.29, 0.717) is 17.9 Å². The highest BCUT2D eigenvalue weighted by Crippen LogP contribution is 2.19. The van der Waals surface area contributed by atoms with Crippen LogP contribution in [-0.2, 0) is 13.0 Å². The summed E-state index contributed by atoms with van der Waals surface area (Å²) in [6, 6.07) is 12.3. The van der Waals surface area contributed by atoms with Crippen molar-refractivity contribution in [3.05, 3.63) is 59.5 Å². The number of rotatable bonds is 9. The first kappa shape index (κ1) is 21.3. The summed E-state index contributed by atoms with van der Waals surface area (Å²) in [5.41, 5.74) is 7.45. The van der Waals surface area contributed by atoms with E-state index in [1.54, 1.807) is 6.07 Å². The molecule has 0 spiro atoms. The van der Waals surface area contributed by atoms with Gasteiger partial charge in [0.2, 0.25) is 0 Å². The molecule has 2 N–H and O–H groups in total. The maximum Gasteiger partial charge on any atom is 0.257 e. The van der Waals surface area contributed by atoms with E-state index in [1.807, 2.05) is 23.1 Å². The number of hydrogen-bond donors (Lipinski definition) is 1. The molecular formula is C20H29ClN2O2. The fraction of sp³-hybridized carbons (Fsp3) is 0.450. The second-order valence-corrected chi connectivity index (χ2v) is 6.14. The molecule has 0 bridgehead atoms. The zero-order valence-corrected chi connectivity index (χ0v) is 15.9. The highest BCUT2D eigenvalue weighted by Gasteiger charge is 2.25. The van der Waals surface area contributed by atoms with Crippen LogP contribution in [0.3, 0.4) is 0 Å². The lowest BCUT2D eigenvalue weighted by atomic mass is 9.99. The molecule has 0 radical (unpaired) electrons. The molecule has 0 aliphatic heterocycles. The topological polar surface area (TPSA) is 59.5 Å². The summed E-state index contributed by atoms with van der Waals surface area (Å²) >= 11 is 0. The van der Waals surface area contributed by atoms with Crippen molar-refractivity contribution >= 4 is 18.3 Å². The van der Waals surface area contributed by atoms with Crippen LogP contribution in [0.25, 0.3) is 0 Å². The molecule has 0 saturated carbocycles. The van der Waals surface area contributed by atoms with Gasteiger partial charge in [0.25, 0.3) is 5.91 Å². The highest BCUT2D eigenvalue weighted by molar-refractivity contribution is 5.94. The Kier molecular flexibility index (Phi) is 9.32. The number of furan rings is 1. The van der Waals surface area contributed by atoms with Gasteiger partial charge in [-0.2, -0.15) is 0 Å². The van der Waals surface area contributed by atoms with Crippen LogP contribution in [0, 0.1) is 0 Å². The monoisotopic (exact) mass is 364 g/mol. The lowest BCUT2D eigenvalue weighted by Gasteiger charge is -2.31. The molecule has 1 atom stereocenters. The Bertz CT molecular complexity index is 628. The van der Waals surface area contributed by atoms with Gasteiger partial charge in [0.1, 0.15) is 12.0 Å². The minimum Gasteiger partial charge on any atom is -0.467 e. The van der Waals surface area contributed by atoms with Crippen molar-refractivity contribution in [2.45, 2.75) is 52.1 Å². The quantitative estimate of drug-likeness (QED) is 0.716. The van der Waals surface area contributed by atoms with Gasteiger partial charge in [-0.05, 0) is 30.9 Å². The van der Waals surface area contributed by atoms with E-state index >= 15 is 0 Å². The summed E-state index contributed by atoms with van der Waals surface area (Å²) in [7, 11) is 0. The maximum atomic E-state index is 13.0. The third-order valence-corrected chi connectivity index (χ3v) is 4.20. The average molecular weight is 365 g/mol. The van der Waals surface area contributed by atoms with Crippen LogP contribution < -0.4 is 5.73 Å². The summed E-state index contributed by atoms with van der Waals surface area (Å²) < 4.78 is 5.35. The van der Waals surface area contributed by atoms with Crippen LogP contribution in [0.15, 0.2) is 47.1 Å². The van der Waals surface area contributed by atoms with Crippen LogP contribution in [-0.4, -0.2) is 23.4 Å². The van der Waals surface area contributed by atoms with Crippen molar-refractivity contribution < 1.29 is 9.21 Å². The van der Waals surface area contributed by atoms with Crippen LogP contribution in [0.5, 0.6) is 0 Å². The smallest absolute Gasteiger partial charge is 0.257 e. The van der Waals surface area contributed by atoms with E-state index in [0.717, 1.165) is 32.2 Å². The predicted molar refractivity (Wildman–Crippen MR) is 104 cm³/mol. The van der Waals surface area contributed by atoms with Crippen molar-refractivity contribution in [1.29, 1.82) is 0 Å². The lowest BCUT2D eigenvalue weighted by molar-refractivity contribution is 0.0665. The summed E-state index contributed by atoms with van der Waals surface area (Å²) in [6.07, 6.45) is 5.37. The van der Waals surface area contributed by atoms with Gasteiger partial charge in [0.15, 0.2) is 0 Å². The van der Waals surface area contributed by atoms with Gasteiger partial charge in [-0.1, -0.05) is 50.6 Å². The molecule has 1 amide bonds. The van der Waals surface area contributed by atoms with Crippen LogP contribution in [0.1, 0.15) is 54.8 Å². The number of halogens is 1. The van der Waals surface area contributed by atoms with Crippen LogP contribution in [0.2, 0.25) is 0 Å². The number of benzene rings is 1. The number of carbonyl (C=O) groups is 1. The Morgan fingerprint density at radius 2 is 1.92 bits per heavy atom. The molecule has 1 heterocycles. The highest BCUT2D eigenvalue weighted by atomic mass is 35.5. The minimum atomic E-state index is 0. The van der Waals surface area contributed by atoms with Gasteiger partial charge < -0.3 is 15.1 Å². The molecule has 2 rings (SSSR count). The molecule has 25 heavy (non-hydrogen) atoms. The molecule has 5 heteroatoms. The van der Waals surface area contributed by atoms with Gasteiger partial charge in [-0.25, -0.2) is 0 Å². The van der Waals surface area contributed by atoms with Crippen molar-refractivity contribution in [3.63, 3.8) is 0 Å². The van der Waals surface area contributed by atoms with Gasteiger partial charge in [0, 0.05) is 12.6 Å². The zero-order chi connectivity index (χ0) is 17.4. The standard InChI is InChI=1S/C20H28N2O2.ClH/c1-3-8-18(12-16-9-6-5-7-10-16)22(11-4-2)20(23)17-13-19(14-21)24-15-17;/h5-7,9-10,13,15,18H,3-4,8,11-12,14,21H2,1-2H3;1H. The fourth-order valence-corrected chi connectivity index (χ4v) is 3.04. The second-order valence-electron chi connectivity index (χ2n) is 6.14. The number of nitrogens with zero attached hydrogens (tertiary/aromatic N) is 1. The average Bonchev–Trinajstić information content (AvgIpc) is 3.09. The number of nitrogens with two attached hydrogens (primary N) is 1. The van der Waals surface area contributed by atoms with Crippen molar-refractivity contribution in [2.75, 3.05) is 6.54 Å². The third-order valence-electron chi connectivity index (χ3n) is 4.20. The van der Waals surface area contributed by atoms with Crippen molar-refractivity contribution in [2.24, 2.45) is 5.73 Å². The molecule has 138 valence electrons. The zero-order valence-electron chi connectivity index (χ0n) is 15.1. The Morgan fingerprint density at radius 3 is 2.48 bits per heavy atom. The Morgan fingerprint density at radius 1 is 1.20 bits per heavy atom. The van der Waals surface area contributed by atoms with Gasteiger partial charge >= 0.3 is 0 Å². The predicted octanol–water partition coefficient (Wildman–Crippen LogP) is 4.42. The Balaban J connectivity index is 0.00000312. The molecule has 0 saturated heterocycles. The molecule has 1 aromatic carbocycles. The summed E-state index contributed by atoms with van der Waals surface area (Å²) in [4.78, 5) is 15.0. The number of hydrogen-bond acceptors (Lipinski definition) is 3. The number of amides is 1. The van der Waals surface area contributed by atoms with E-state index in [2.05, 4.69) is 26.0 Å². The Labute approximate surface area is 156 Å². The molecule has 4 nitrogen and oxygen atoms in total. The van der Waals surface area contributed by atoms with E-state index < -0.39 is 0 Å². The molecule has 0 aliphatic carbocycles. The van der Waals surface area contributed by atoms with Crippen molar-refractivity contribution in [1.82, 2.24) is 4.90 Å². The Hall–Kier alpha value is -1.78.